The molecule has 1 aliphatic heterocycles. The van der Waals surface area contributed by atoms with Crippen molar-refractivity contribution < 1.29 is 4.79 Å². The van der Waals surface area contributed by atoms with Crippen molar-refractivity contribution in [3.8, 4) is 0 Å². The molecule has 0 fully saturated rings. The molecule has 0 saturated heterocycles. The zero-order valence-corrected chi connectivity index (χ0v) is 11.6. The van der Waals surface area contributed by atoms with E-state index in [2.05, 4.69) is 42.2 Å². The Labute approximate surface area is 115 Å². The largest absolute Gasteiger partial charge is 0.367 e. The summed E-state index contributed by atoms with van der Waals surface area (Å²) < 4.78 is 0. The molecule has 1 aliphatic carbocycles. The summed E-state index contributed by atoms with van der Waals surface area (Å²) in [5.74, 6) is 0.395. The average molecular weight is 255 g/mol. The van der Waals surface area contributed by atoms with E-state index in [9.17, 15) is 4.79 Å². The van der Waals surface area contributed by atoms with Gasteiger partial charge in [-0.2, -0.15) is 0 Å². The van der Waals surface area contributed by atoms with Gasteiger partial charge in [-0.25, -0.2) is 0 Å². The summed E-state index contributed by atoms with van der Waals surface area (Å²) in [7, 11) is 0. The maximum absolute atomic E-state index is 12.0. The lowest BCUT2D eigenvalue weighted by Gasteiger charge is -2.40. The van der Waals surface area contributed by atoms with Gasteiger partial charge in [-0.3, -0.25) is 4.79 Å². The zero-order chi connectivity index (χ0) is 13.2. The number of hydrogen-bond donors (Lipinski definition) is 0. The van der Waals surface area contributed by atoms with Gasteiger partial charge in [0.15, 0.2) is 5.78 Å². The van der Waals surface area contributed by atoms with Gasteiger partial charge in [-0.15, -0.1) is 0 Å². The van der Waals surface area contributed by atoms with Crippen LogP contribution in [0.15, 0.2) is 41.6 Å². The molecule has 2 nitrogen and oxygen atoms in total. The monoisotopic (exact) mass is 255 g/mol. The molecule has 0 unspecified atom stereocenters. The first-order chi connectivity index (χ1) is 9.27. The quantitative estimate of drug-likeness (QED) is 0.800. The highest BCUT2D eigenvalue weighted by molar-refractivity contribution is 5.97. The summed E-state index contributed by atoms with van der Waals surface area (Å²) in [6.45, 7) is 3.14. The molecule has 3 rings (SSSR count). The SMILES string of the molecule is C[C@@H](c1ccccc1)N1CCC(=O)C2=C1CCCC2. The topological polar surface area (TPSA) is 20.3 Å². The fourth-order valence-electron chi connectivity index (χ4n) is 3.35. The molecular formula is C17H21NO. The fourth-order valence-corrected chi connectivity index (χ4v) is 3.35. The van der Waals surface area contributed by atoms with Crippen LogP contribution in [0.4, 0.5) is 0 Å². The summed E-state index contributed by atoms with van der Waals surface area (Å²) in [5, 5.41) is 0. The van der Waals surface area contributed by atoms with Gasteiger partial charge in [0.25, 0.3) is 0 Å². The van der Waals surface area contributed by atoms with Crippen molar-refractivity contribution >= 4 is 5.78 Å². The number of rotatable bonds is 2. The standard InChI is InChI=1S/C17H21NO/c1-13(14-7-3-2-4-8-14)18-12-11-17(19)15-9-5-6-10-16(15)18/h2-4,7-8,13H,5-6,9-12H2,1H3/t13-/m0/s1. The van der Waals surface area contributed by atoms with E-state index in [1.54, 1.807) is 0 Å². The zero-order valence-electron chi connectivity index (χ0n) is 11.6. The predicted octanol–water partition coefficient (Wildman–Crippen LogP) is 3.85. The number of carbonyl (C=O) groups excluding carboxylic acids is 1. The van der Waals surface area contributed by atoms with E-state index in [1.807, 2.05) is 0 Å². The number of ketones is 1. The van der Waals surface area contributed by atoms with Gasteiger partial charge < -0.3 is 4.90 Å². The van der Waals surface area contributed by atoms with Crippen molar-refractivity contribution in [3.05, 3.63) is 47.2 Å². The maximum Gasteiger partial charge on any atom is 0.162 e. The van der Waals surface area contributed by atoms with E-state index in [0.717, 1.165) is 25.0 Å². The first kappa shape index (κ1) is 12.5. The van der Waals surface area contributed by atoms with Crippen molar-refractivity contribution in [1.82, 2.24) is 4.90 Å². The van der Waals surface area contributed by atoms with Crippen molar-refractivity contribution in [1.29, 1.82) is 0 Å². The van der Waals surface area contributed by atoms with Crippen LogP contribution < -0.4 is 0 Å². The summed E-state index contributed by atoms with van der Waals surface area (Å²) in [5.41, 5.74) is 3.80. The molecule has 0 radical (unpaired) electrons. The number of benzene rings is 1. The molecule has 19 heavy (non-hydrogen) atoms. The molecule has 0 amide bonds. The van der Waals surface area contributed by atoms with E-state index in [0.29, 0.717) is 18.2 Å². The summed E-state index contributed by atoms with van der Waals surface area (Å²) in [4.78, 5) is 14.5. The average Bonchev–Trinajstić information content (AvgIpc) is 2.48. The van der Waals surface area contributed by atoms with Crippen LogP contribution in [0.2, 0.25) is 0 Å². The maximum atomic E-state index is 12.0. The highest BCUT2D eigenvalue weighted by atomic mass is 16.1. The van der Waals surface area contributed by atoms with Gasteiger partial charge in [0, 0.05) is 24.2 Å². The summed E-state index contributed by atoms with van der Waals surface area (Å²) in [6, 6.07) is 11.0. The minimum absolute atomic E-state index is 0.373. The number of carbonyl (C=O) groups is 1. The molecule has 1 atom stereocenters. The number of Topliss-reactive ketones (excluding diaryl/α,β-unsaturated/α-hetero) is 1. The number of hydrogen-bond acceptors (Lipinski definition) is 2. The van der Waals surface area contributed by atoms with Crippen molar-refractivity contribution in [2.24, 2.45) is 0 Å². The van der Waals surface area contributed by atoms with E-state index in [4.69, 9.17) is 0 Å². The Balaban J connectivity index is 1.92. The summed E-state index contributed by atoms with van der Waals surface area (Å²) in [6.07, 6.45) is 5.17. The van der Waals surface area contributed by atoms with Gasteiger partial charge in [-0.1, -0.05) is 30.3 Å². The number of nitrogens with zero attached hydrogens (tertiary/aromatic N) is 1. The molecule has 2 aliphatic rings. The Morgan fingerprint density at radius 1 is 1.05 bits per heavy atom. The van der Waals surface area contributed by atoms with Crippen LogP contribution in [-0.4, -0.2) is 17.2 Å². The van der Waals surface area contributed by atoms with E-state index < -0.39 is 0 Å². The van der Waals surface area contributed by atoms with E-state index >= 15 is 0 Å². The van der Waals surface area contributed by atoms with E-state index in [-0.39, 0.29) is 0 Å². The second kappa shape index (κ2) is 5.20. The third-order valence-corrected chi connectivity index (χ3v) is 4.45. The molecule has 1 heterocycles. The Kier molecular flexibility index (Phi) is 3.41. The fraction of sp³-hybridized carbons (Fsp3) is 0.471. The second-order valence-corrected chi connectivity index (χ2v) is 5.59. The second-order valence-electron chi connectivity index (χ2n) is 5.59. The Hall–Kier alpha value is -1.57. The molecule has 0 aromatic heterocycles. The molecule has 1 aromatic rings. The van der Waals surface area contributed by atoms with Crippen LogP contribution in [0.25, 0.3) is 0 Å². The van der Waals surface area contributed by atoms with E-state index in [1.165, 1.54) is 24.1 Å². The highest BCUT2D eigenvalue weighted by Crippen LogP contribution is 2.36. The smallest absolute Gasteiger partial charge is 0.162 e. The predicted molar refractivity (Wildman–Crippen MR) is 76.7 cm³/mol. The normalized spacial score (nSPS) is 21.3. The molecule has 100 valence electrons. The molecule has 2 heteroatoms. The molecular weight excluding hydrogens is 234 g/mol. The molecule has 0 N–H and O–H groups in total. The first-order valence-electron chi connectivity index (χ1n) is 7.34. The van der Waals surface area contributed by atoms with Crippen molar-refractivity contribution in [2.45, 2.75) is 45.1 Å². The van der Waals surface area contributed by atoms with Crippen LogP contribution in [0.1, 0.15) is 50.6 Å². The Morgan fingerprint density at radius 2 is 1.79 bits per heavy atom. The van der Waals surface area contributed by atoms with Gasteiger partial charge in [0.05, 0.1) is 6.04 Å². The lowest BCUT2D eigenvalue weighted by atomic mass is 9.87. The number of allylic oxidation sites excluding steroid dienone is 2. The minimum atomic E-state index is 0.373. The summed E-state index contributed by atoms with van der Waals surface area (Å²) >= 11 is 0. The van der Waals surface area contributed by atoms with Crippen LogP contribution in [0, 0.1) is 0 Å². The molecule has 1 aromatic carbocycles. The van der Waals surface area contributed by atoms with Crippen LogP contribution >= 0.6 is 0 Å². The van der Waals surface area contributed by atoms with Crippen molar-refractivity contribution in [2.75, 3.05) is 6.54 Å². The Morgan fingerprint density at radius 3 is 2.58 bits per heavy atom. The lowest BCUT2D eigenvalue weighted by molar-refractivity contribution is -0.117. The molecule has 0 saturated carbocycles. The third-order valence-electron chi connectivity index (χ3n) is 4.45. The minimum Gasteiger partial charge on any atom is -0.367 e. The first-order valence-corrected chi connectivity index (χ1v) is 7.34. The van der Waals surface area contributed by atoms with Crippen LogP contribution in [0.3, 0.4) is 0 Å². The molecule has 0 bridgehead atoms. The van der Waals surface area contributed by atoms with Gasteiger partial charge in [-0.05, 0) is 38.2 Å². The molecule has 0 spiro atoms. The lowest BCUT2D eigenvalue weighted by Crippen LogP contribution is -2.36. The Bertz CT molecular complexity index is 503. The van der Waals surface area contributed by atoms with Gasteiger partial charge >= 0.3 is 0 Å². The highest BCUT2D eigenvalue weighted by Gasteiger charge is 2.30. The third kappa shape index (κ3) is 2.32. The van der Waals surface area contributed by atoms with Crippen molar-refractivity contribution in [3.63, 3.8) is 0 Å². The van der Waals surface area contributed by atoms with Crippen LogP contribution in [0.5, 0.6) is 0 Å². The van der Waals surface area contributed by atoms with Gasteiger partial charge in [0.2, 0.25) is 0 Å². The van der Waals surface area contributed by atoms with Crippen LogP contribution in [-0.2, 0) is 4.79 Å². The van der Waals surface area contributed by atoms with Gasteiger partial charge in [0.1, 0.15) is 0 Å².